The van der Waals surface area contributed by atoms with E-state index < -0.39 is 11.9 Å². The lowest BCUT2D eigenvalue weighted by Crippen LogP contribution is -2.44. The fourth-order valence-electron chi connectivity index (χ4n) is 5.80. The second kappa shape index (κ2) is 12.4. The Morgan fingerprint density at radius 3 is 2.40 bits per heavy atom. The number of nitrogens with zero attached hydrogens (tertiary/aromatic N) is 3. The molecular formula is C29H35N5O6. The van der Waals surface area contributed by atoms with Crippen molar-refractivity contribution in [2.75, 3.05) is 13.1 Å². The zero-order chi connectivity index (χ0) is 28.1. The summed E-state index contributed by atoms with van der Waals surface area (Å²) >= 11 is 0. The fraction of sp³-hybridized carbons (Fsp3) is 0.483. The molecule has 1 aromatic carbocycles. The second-order valence-electron chi connectivity index (χ2n) is 10.7. The van der Waals surface area contributed by atoms with Crippen LogP contribution in [0.2, 0.25) is 0 Å². The van der Waals surface area contributed by atoms with E-state index in [1.165, 1.54) is 4.90 Å². The first-order valence-corrected chi connectivity index (χ1v) is 13.9. The summed E-state index contributed by atoms with van der Waals surface area (Å²) in [6, 6.07) is 11.7. The molecule has 11 heteroatoms. The van der Waals surface area contributed by atoms with Gasteiger partial charge in [-0.15, -0.1) is 0 Å². The molecule has 1 atom stereocenters. The number of piperidine rings is 1. The van der Waals surface area contributed by atoms with Gasteiger partial charge in [-0.1, -0.05) is 30.3 Å². The summed E-state index contributed by atoms with van der Waals surface area (Å²) in [6.07, 6.45) is 5.58. The number of nitrogens with one attached hydrogen (secondary N) is 1. The van der Waals surface area contributed by atoms with Crippen molar-refractivity contribution in [1.82, 2.24) is 20.1 Å². The Hall–Kier alpha value is -4.15. The number of hydrogen-bond acceptors (Lipinski definition) is 7. The number of rotatable bonds is 8. The van der Waals surface area contributed by atoms with Gasteiger partial charge in [0.05, 0.1) is 0 Å². The van der Waals surface area contributed by atoms with Crippen LogP contribution in [0.15, 0.2) is 48.7 Å². The van der Waals surface area contributed by atoms with Crippen LogP contribution in [0.25, 0.3) is 0 Å². The van der Waals surface area contributed by atoms with Crippen LogP contribution in [-0.4, -0.2) is 70.0 Å². The molecule has 1 unspecified atom stereocenters. The highest BCUT2D eigenvalue weighted by molar-refractivity contribution is 6.04. The third-order valence-electron chi connectivity index (χ3n) is 8.02. The normalized spacial score (nSPS) is 23.6. The van der Waals surface area contributed by atoms with Gasteiger partial charge >= 0.3 is 12.1 Å². The van der Waals surface area contributed by atoms with Crippen LogP contribution in [0.1, 0.15) is 60.9 Å². The number of nitrogens with two attached hydrogens (primary N) is 1. The molecule has 3 heterocycles. The molecule has 2 aliphatic heterocycles. The predicted octanol–water partition coefficient (Wildman–Crippen LogP) is 3.23. The minimum atomic E-state index is -0.601. The number of carbonyl (C=O) groups is 4. The third kappa shape index (κ3) is 6.35. The molecule has 5 amide bonds. The standard InChI is InChI=1S/C29H35N5O6/c30-25(35)23-7-4-14-31-26(23)40-22-10-8-21(9-11-22)34-27(36)24(32-28(34)37)17-19-12-15-33(16-13-19)29(38)39-18-20-5-2-1-3-6-20/h1-7,14,19,21-22,24H,8-13,15-18H2,(H2,30,35)(H,32,37). The smallest absolute Gasteiger partial charge is 0.410 e. The lowest BCUT2D eigenvalue weighted by Gasteiger charge is -2.33. The van der Waals surface area contributed by atoms with Gasteiger partial charge in [-0.05, 0) is 68.6 Å². The minimum Gasteiger partial charge on any atom is -0.474 e. The first kappa shape index (κ1) is 27.4. The molecule has 2 saturated heterocycles. The number of pyridine rings is 1. The molecule has 1 aliphatic carbocycles. The SMILES string of the molecule is NC(=O)c1cccnc1OC1CCC(N2C(=O)NC(CC3CCN(C(=O)OCc4ccccc4)CC3)C2=O)CC1. The monoisotopic (exact) mass is 549 g/mol. The highest BCUT2D eigenvalue weighted by Gasteiger charge is 2.44. The van der Waals surface area contributed by atoms with Gasteiger partial charge in [0.15, 0.2) is 0 Å². The molecular weight excluding hydrogens is 514 g/mol. The Balaban J connectivity index is 1.06. The van der Waals surface area contributed by atoms with Crippen molar-refractivity contribution in [1.29, 1.82) is 0 Å². The van der Waals surface area contributed by atoms with E-state index in [-0.39, 0.29) is 54.1 Å². The van der Waals surface area contributed by atoms with Crippen molar-refractivity contribution < 1.29 is 28.7 Å². The maximum Gasteiger partial charge on any atom is 0.410 e. The van der Waals surface area contributed by atoms with E-state index in [0.29, 0.717) is 45.2 Å². The van der Waals surface area contributed by atoms with Crippen LogP contribution in [0.4, 0.5) is 9.59 Å². The molecule has 3 N–H and O–H groups in total. The lowest BCUT2D eigenvalue weighted by molar-refractivity contribution is -0.130. The molecule has 5 rings (SSSR count). The highest BCUT2D eigenvalue weighted by atomic mass is 16.6. The summed E-state index contributed by atoms with van der Waals surface area (Å²) in [7, 11) is 0. The van der Waals surface area contributed by atoms with E-state index in [0.717, 1.165) is 18.4 Å². The average molecular weight is 550 g/mol. The average Bonchev–Trinajstić information content (AvgIpc) is 3.25. The number of urea groups is 1. The maximum absolute atomic E-state index is 13.2. The number of ether oxygens (including phenoxy) is 2. The van der Waals surface area contributed by atoms with Gasteiger partial charge in [-0.3, -0.25) is 14.5 Å². The Bertz CT molecular complexity index is 1220. The van der Waals surface area contributed by atoms with Gasteiger partial charge in [0.1, 0.15) is 24.3 Å². The largest absolute Gasteiger partial charge is 0.474 e. The molecule has 40 heavy (non-hydrogen) atoms. The van der Waals surface area contributed by atoms with E-state index in [2.05, 4.69) is 10.3 Å². The molecule has 3 aliphatic rings. The Labute approximate surface area is 233 Å². The quantitative estimate of drug-likeness (QED) is 0.481. The van der Waals surface area contributed by atoms with Crippen molar-refractivity contribution >= 4 is 23.9 Å². The van der Waals surface area contributed by atoms with Crippen LogP contribution in [0.3, 0.4) is 0 Å². The molecule has 2 aromatic rings. The number of carbonyl (C=O) groups excluding carboxylic acids is 4. The van der Waals surface area contributed by atoms with Gasteiger partial charge < -0.3 is 25.4 Å². The van der Waals surface area contributed by atoms with Gasteiger partial charge in [0.2, 0.25) is 5.88 Å². The van der Waals surface area contributed by atoms with Gasteiger partial charge in [0.25, 0.3) is 11.8 Å². The molecule has 3 fully saturated rings. The summed E-state index contributed by atoms with van der Waals surface area (Å²) in [5, 5.41) is 2.88. The van der Waals surface area contributed by atoms with E-state index in [1.807, 2.05) is 30.3 Å². The molecule has 0 bridgehead atoms. The summed E-state index contributed by atoms with van der Waals surface area (Å²) in [6.45, 7) is 1.37. The molecule has 212 valence electrons. The molecule has 0 radical (unpaired) electrons. The Kier molecular flexibility index (Phi) is 8.47. The topological polar surface area (TPSA) is 144 Å². The van der Waals surface area contributed by atoms with Gasteiger partial charge in [-0.2, -0.15) is 0 Å². The minimum absolute atomic E-state index is 0.176. The van der Waals surface area contributed by atoms with Crippen LogP contribution < -0.4 is 15.8 Å². The Morgan fingerprint density at radius 1 is 0.975 bits per heavy atom. The molecule has 1 saturated carbocycles. The number of primary amides is 1. The van der Waals surface area contributed by atoms with E-state index in [4.69, 9.17) is 15.2 Å². The lowest BCUT2D eigenvalue weighted by atomic mass is 9.89. The van der Waals surface area contributed by atoms with Crippen LogP contribution in [0, 0.1) is 5.92 Å². The summed E-state index contributed by atoms with van der Waals surface area (Å²) in [5.41, 5.74) is 6.59. The molecule has 11 nitrogen and oxygen atoms in total. The predicted molar refractivity (Wildman–Crippen MR) is 144 cm³/mol. The van der Waals surface area contributed by atoms with E-state index >= 15 is 0 Å². The number of likely N-dealkylation sites (tertiary alicyclic amines) is 1. The van der Waals surface area contributed by atoms with Gasteiger partial charge in [0, 0.05) is 25.3 Å². The molecule has 1 aromatic heterocycles. The first-order valence-electron chi connectivity index (χ1n) is 13.9. The van der Waals surface area contributed by atoms with Crippen molar-refractivity contribution in [3.05, 3.63) is 59.8 Å². The number of benzene rings is 1. The zero-order valence-electron chi connectivity index (χ0n) is 22.4. The summed E-state index contributed by atoms with van der Waals surface area (Å²) in [4.78, 5) is 57.4. The maximum atomic E-state index is 13.2. The fourth-order valence-corrected chi connectivity index (χ4v) is 5.80. The molecule has 0 spiro atoms. The number of imide groups is 1. The third-order valence-corrected chi connectivity index (χ3v) is 8.02. The van der Waals surface area contributed by atoms with Crippen LogP contribution in [-0.2, 0) is 16.1 Å². The second-order valence-corrected chi connectivity index (χ2v) is 10.7. The van der Waals surface area contributed by atoms with E-state index in [1.54, 1.807) is 23.2 Å². The van der Waals surface area contributed by atoms with E-state index in [9.17, 15) is 19.2 Å². The van der Waals surface area contributed by atoms with Crippen molar-refractivity contribution in [2.24, 2.45) is 11.7 Å². The highest BCUT2D eigenvalue weighted by Crippen LogP contribution is 2.31. The summed E-state index contributed by atoms with van der Waals surface area (Å²) in [5.74, 6) is -0.339. The van der Waals surface area contributed by atoms with Crippen molar-refractivity contribution in [2.45, 2.75) is 69.7 Å². The van der Waals surface area contributed by atoms with Crippen molar-refractivity contribution in [3.63, 3.8) is 0 Å². The summed E-state index contributed by atoms with van der Waals surface area (Å²) < 4.78 is 11.4. The van der Waals surface area contributed by atoms with Crippen LogP contribution in [0.5, 0.6) is 5.88 Å². The van der Waals surface area contributed by atoms with Crippen LogP contribution >= 0.6 is 0 Å². The van der Waals surface area contributed by atoms with Gasteiger partial charge in [-0.25, -0.2) is 14.6 Å². The zero-order valence-corrected chi connectivity index (χ0v) is 22.4. The van der Waals surface area contributed by atoms with Crippen molar-refractivity contribution in [3.8, 4) is 5.88 Å². The number of amides is 5. The Morgan fingerprint density at radius 2 is 1.70 bits per heavy atom. The first-order chi connectivity index (χ1) is 19.4. The number of hydrogen-bond donors (Lipinski definition) is 2. The number of aromatic nitrogens is 1.